The van der Waals surface area contributed by atoms with Crippen molar-refractivity contribution in [2.24, 2.45) is 14.1 Å². The number of aryl methyl sites for hydroxylation is 2. The molecule has 0 bridgehead atoms. The summed E-state index contributed by atoms with van der Waals surface area (Å²) in [4.78, 5) is 28.0. The van der Waals surface area contributed by atoms with E-state index < -0.39 is 11.2 Å². The lowest BCUT2D eigenvalue weighted by Gasteiger charge is -2.06. The van der Waals surface area contributed by atoms with Crippen LogP contribution in [0.1, 0.15) is 0 Å². The van der Waals surface area contributed by atoms with Crippen molar-refractivity contribution in [1.82, 2.24) is 18.7 Å². The van der Waals surface area contributed by atoms with Gasteiger partial charge in [-0.05, 0) is 15.9 Å². The highest BCUT2D eigenvalue weighted by Gasteiger charge is 2.16. The molecule has 0 aliphatic rings. The van der Waals surface area contributed by atoms with Crippen molar-refractivity contribution in [1.29, 1.82) is 0 Å². The van der Waals surface area contributed by atoms with Gasteiger partial charge in [-0.1, -0.05) is 0 Å². The Labute approximate surface area is 104 Å². The van der Waals surface area contributed by atoms with E-state index in [1.165, 1.54) is 11.6 Å². The van der Waals surface area contributed by atoms with E-state index in [9.17, 15) is 9.59 Å². The minimum atomic E-state index is -0.484. The highest BCUT2D eigenvalue weighted by atomic mass is 79.9. The van der Waals surface area contributed by atoms with Gasteiger partial charge < -0.3 is 9.67 Å². The number of aromatic nitrogens is 4. The topological polar surface area (TPSA) is 82.1 Å². The van der Waals surface area contributed by atoms with Gasteiger partial charge in [-0.25, -0.2) is 9.78 Å². The van der Waals surface area contributed by atoms with E-state index in [1.807, 2.05) is 0 Å². The Morgan fingerprint density at radius 2 is 1.94 bits per heavy atom. The summed E-state index contributed by atoms with van der Waals surface area (Å²) in [6.45, 7) is -0.288. The van der Waals surface area contributed by atoms with Crippen LogP contribution in [-0.2, 0) is 20.6 Å². The van der Waals surface area contributed by atoms with Crippen molar-refractivity contribution in [2.45, 2.75) is 6.54 Å². The fourth-order valence-corrected chi connectivity index (χ4v) is 2.06. The van der Waals surface area contributed by atoms with Gasteiger partial charge in [0, 0.05) is 14.1 Å². The summed E-state index contributed by atoms with van der Waals surface area (Å²) in [6.07, 6.45) is 0. The van der Waals surface area contributed by atoms with E-state index in [0.717, 1.165) is 4.57 Å². The first-order chi connectivity index (χ1) is 7.99. The molecule has 0 unspecified atom stereocenters. The average Bonchev–Trinajstić information content (AvgIpc) is 2.59. The zero-order chi connectivity index (χ0) is 12.7. The average molecular weight is 303 g/mol. The van der Waals surface area contributed by atoms with Gasteiger partial charge in [0.15, 0.2) is 15.9 Å². The second-order valence-corrected chi connectivity index (χ2v) is 4.34. The Morgan fingerprint density at radius 1 is 1.29 bits per heavy atom. The van der Waals surface area contributed by atoms with Gasteiger partial charge in [0.1, 0.15) is 0 Å². The number of hydrogen-bond acceptors (Lipinski definition) is 4. The van der Waals surface area contributed by atoms with E-state index in [2.05, 4.69) is 20.9 Å². The van der Waals surface area contributed by atoms with E-state index in [0.29, 0.717) is 15.9 Å². The first kappa shape index (κ1) is 12.1. The van der Waals surface area contributed by atoms with E-state index >= 15 is 0 Å². The normalized spacial score (nSPS) is 11.3. The lowest BCUT2D eigenvalue weighted by atomic mass is 10.5. The van der Waals surface area contributed by atoms with Crippen molar-refractivity contribution < 1.29 is 5.11 Å². The third-order valence-electron chi connectivity index (χ3n) is 2.63. The molecule has 92 valence electrons. The lowest BCUT2D eigenvalue weighted by molar-refractivity contribution is 0.271. The third-order valence-corrected chi connectivity index (χ3v) is 3.34. The van der Waals surface area contributed by atoms with Gasteiger partial charge in [-0.15, -0.1) is 0 Å². The van der Waals surface area contributed by atoms with Gasteiger partial charge in [0.05, 0.1) is 13.2 Å². The Bertz CT molecular complexity index is 697. The van der Waals surface area contributed by atoms with Crippen LogP contribution in [0.3, 0.4) is 0 Å². The largest absolute Gasteiger partial charge is 0.395 e. The molecule has 2 aromatic heterocycles. The first-order valence-corrected chi connectivity index (χ1v) is 5.71. The second-order valence-electron chi connectivity index (χ2n) is 3.63. The molecule has 2 rings (SSSR count). The molecule has 17 heavy (non-hydrogen) atoms. The first-order valence-electron chi connectivity index (χ1n) is 4.91. The minimum absolute atomic E-state index is 0.0236. The van der Waals surface area contributed by atoms with Crippen molar-refractivity contribution >= 4 is 27.1 Å². The Morgan fingerprint density at radius 3 is 2.53 bits per heavy atom. The zero-order valence-corrected chi connectivity index (χ0v) is 10.9. The monoisotopic (exact) mass is 302 g/mol. The smallest absolute Gasteiger partial charge is 0.332 e. The number of rotatable bonds is 2. The zero-order valence-electron chi connectivity index (χ0n) is 9.34. The summed E-state index contributed by atoms with van der Waals surface area (Å²) in [5.41, 5.74) is -0.281. The SMILES string of the molecule is Cn1c(Br)nc2c1c(=O)n(CCO)c(=O)n2C. The van der Waals surface area contributed by atoms with E-state index in [4.69, 9.17) is 5.11 Å². The predicted molar refractivity (Wildman–Crippen MR) is 65.0 cm³/mol. The maximum Gasteiger partial charge on any atom is 0.332 e. The molecule has 0 atom stereocenters. The van der Waals surface area contributed by atoms with Gasteiger partial charge in [0.25, 0.3) is 5.56 Å². The summed E-state index contributed by atoms with van der Waals surface area (Å²) in [5, 5.41) is 8.87. The van der Waals surface area contributed by atoms with Crippen molar-refractivity contribution in [3.63, 3.8) is 0 Å². The molecule has 8 heteroatoms. The summed E-state index contributed by atoms with van der Waals surface area (Å²) >= 11 is 3.20. The summed E-state index contributed by atoms with van der Waals surface area (Å²) in [6, 6.07) is 0. The summed E-state index contributed by atoms with van der Waals surface area (Å²) in [5.74, 6) is 0. The van der Waals surface area contributed by atoms with Gasteiger partial charge >= 0.3 is 5.69 Å². The molecule has 0 fully saturated rings. The van der Waals surface area contributed by atoms with Gasteiger partial charge in [0.2, 0.25) is 0 Å². The lowest BCUT2D eigenvalue weighted by Crippen LogP contribution is -2.40. The van der Waals surface area contributed by atoms with Crippen LogP contribution in [-0.4, -0.2) is 30.4 Å². The third kappa shape index (κ3) is 1.64. The quantitative estimate of drug-likeness (QED) is 0.736. The molecule has 2 aromatic rings. The van der Waals surface area contributed by atoms with Crippen LogP contribution < -0.4 is 11.2 Å². The Hall–Kier alpha value is -1.41. The molecular weight excluding hydrogens is 292 g/mol. The van der Waals surface area contributed by atoms with Gasteiger partial charge in [-0.2, -0.15) is 0 Å². The number of hydrogen-bond donors (Lipinski definition) is 1. The van der Waals surface area contributed by atoms with Gasteiger partial charge in [-0.3, -0.25) is 13.9 Å². The van der Waals surface area contributed by atoms with E-state index in [1.54, 1.807) is 11.6 Å². The summed E-state index contributed by atoms with van der Waals surface area (Å²) < 4.78 is 4.32. The number of aliphatic hydroxyl groups is 1. The fourth-order valence-electron chi connectivity index (χ4n) is 1.71. The Balaban J connectivity index is 3.01. The molecule has 0 saturated heterocycles. The van der Waals surface area contributed by atoms with Crippen LogP contribution in [0.15, 0.2) is 14.3 Å². The molecular formula is C9H11BrN4O3. The molecule has 0 radical (unpaired) electrons. The molecule has 0 amide bonds. The predicted octanol–water partition coefficient (Wildman–Crippen LogP) is -0.812. The summed E-state index contributed by atoms with van der Waals surface area (Å²) in [7, 11) is 3.21. The maximum atomic E-state index is 12.1. The molecule has 7 nitrogen and oxygen atoms in total. The fraction of sp³-hybridized carbons (Fsp3) is 0.444. The highest BCUT2D eigenvalue weighted by Crippen LogP contribution is 2.13. The minimum Gasteiger partial charge on any atom is -0.395 e. The van der Waals surface area contributed by atoms with Crippen molar-refractivity contribution in [3.8, 4) is 0 Å². The maximum absolute atomic E-state index is 12.1. The molecule has 0 saturated carbocycles. The number of nitrogens with zero attached hydrogens (tertiary/aromatic N) is 4. The second kappa shape index (κ2) is 4.11. The Kier molecular flexibility index (Phi) is 2.92. The number of aliphatic hydroxyl groups excluding tert-OH is 1. The van der Waals surface area contributed by atoms with Crippen LogP contribution in [0.5, 0.6) is 0 Å². The van der Waals surface area contributed by atoms with Crippen LogP contribution >= 0.6 is 15.9 Å². The number of fused-ring (bicyclic) bond motifs is 1. The standard InChI is InChI=1S/C9H11BrN4O3/c1-12-5-6(11-8(12)10)13(2)9(17)14(3-4-15)7(5)16/h15H,3-4H2,1-2H3. The van der Waals surface area contributed by atoms with Crippen LogP contribution in [0.2, 0.25) is 0 Å². The molecule has 0 spiro atoms. The van der Waals surface area contributed by atoms with Crippen molar-refractivity contribution in [3.05, 3.63) is 25.6 Å². The molecule has 0 aliphatic heterocycles. The number of halogens is 1. The van der Waals surface area contributed by atoms with E-state index in [-0.39, 0.29) is 13.2 Å². The number of imidazole rings is 1. The molecule has 1 N–H and O–H groups in total. The molecule has 0 aliphatic carbocycles. The van der Waals surface area contributed by atoms with Crippen LogP contribution in [0.25, 0.3) is 11.2 Å². The van der Waals surface area contributed by atoms with Crippen LogP contribution in [0, 0.1) is 0 Å². The highest BCUT2D eigenvalue weighted by molar-refractivity contribution is 9.10. The van der Waals surface area contributed by atoms with Crippen LogP contribution in [0.4, 0.5) is 0 Å². The molecule has 2 heterocycles. The van der Waals surface area contributed by atoms with Crippen molar-refractivity contribution in [2.75, 3.05) is 6.61 Å². The molecule has 0 aromatic carbocycles.